The van der Waals surface area contributed by atoms with E-state index in [4.69, 9.17) is 0 Å². The number of hydrogen-bond acceptors (Lipinski definition) is 3. The lowest BCUT2D eigenvalue weighted by Gasteiger charge is -2.08. The zero-order valence-electron chi connectivity index (χ0n) is 10.8. The first-order chi connectivity index (χ1) is 9.72. The van der Waals surface area contributed by atoms with Crippen LogP contribution >= 0.6 is 11.8 Å². The minimum atomic E-state index is -0.514. The Labute approximate surface area is 120 Å². The van der Waals surface area contributed by atoms with Gasteiger partial charge in [-0.05, 0) is 42.7 Å². The molecule has 1 fully saturated rings. The molecule has 20 heavy (non-hydrogen) atoms. The molecule has 3 rings (SSSR count). The van der Waals surface area contributed by atoms with Crippen LogP contribution in [-0.2, 0) is 6.54 Å². The highest BCUT2D eigenvalue weighted by molar-refractivity contribution is 7.99. The summed E-state index contributed by atoms with van der Waals surface area (Å²) in [5.74, 6) is -1.03. The quantitative estimate of drug-likeness (QED) is 0.908. The van der Waals surface area contributed by atoms with Crippen molar-refractivity contribution in [1.29, 1.82) is 0 Å². The lowest BCUT2D eigenvalue weighted by Crippen LogP contribution is -2.15. The van der Waals surface area contributed by atoms with Crippen molar-refractivity contribution < 1.29 is 8.78 Å². The molecule has 1 aromatic heterocycles. The number of halogens is 2. The second kappa shape index (κ2) is 5.89. The van der Waals surface area contributed by atoms with Crippen LogP contribution in [0, 0.1) is 11.6 Å². The molecule has 0 aliphatic heterocycles. The predicted octanol–water partition coefficient (Wildman–Crippen LogP) is 3.76. The summed E-state index contributed by atoms with van der Waals surface area (Å²) in [5, 5.41) is 3.25. The van der Waals surface area contributed by atoms with Gasteiger partial charge >= 0.3 is 0 Å². The Kier molecular flexibility index (Phi) is 3.98. The first kappa shape index (κ1) is 13.5. The maximum absolute atomic E-state index is 14.0. The highest BCUT2D eigenvalue weighted by Crippen LogP contribution is 2.32. The Morgan fingerprint density at radius 1 is 1.15 bits per heavy atom. The van der Waals surface area contributed by atoms with Crippen molar-refractivity contribution in [2.45, 2.75) is 35.2 Å². The van der Waals surface area contributed by atoms with Crippen LogP contribution in [0.2, 0.25) is 0 Å². The van der Waals surface area contributed by atoms with Crippen molar-refractivity contribution in [2.24, 2.45) is 0 Å². The van der Waals surface area contributed by atoms with E-state index >= 15 is 0 Å². The molecule has 0 bridgehead atoms. The average Bonchev–Trinajstić information content (AvgIpc) is 3.26. The third kappa shape index (κ3) is 3.35. The van der Waals surface area contributed by atoms with Gasteiger partial charge in [-0.1, -0.05) is 11.8 Å². The van der Waals surface area contributed by atoms with Gasteiger partial charge in [0.15, 0.2) is 0 Å². The van der Waals surface area contributed by atoms with Gasteiger partial charge in [0.05, 0.1) is 4.90 Å². The predicted molar refractivity (Wildman–Crippen MR) is 74.6 cm³/mol. The van der Waals surface area contributed by atoms with Crippen LogP contribution in [0.25, 0.3) is 0 Å². The van der Waals surface area contributed by atoms with E-state index in [1.165, 1.54) is 12.1 Å². The topological polar surface area (TPSA) is 24.9 Å². The number of aromatic nitrogens is 1. The van der Waals surface area contributed by atoms with E-state index in [2.05, 4.69) is 10.3 Å². The molecule has 2 nitrogen and oxygen atoms in total. The summed E-state index contributed by atoms with van der Waals surface area (Å²) in [7, 11) is 0. The maximum atomic E-state index is 14.0. The van der Waals surface area contributed by atoms with E-state index in [9.17, 15) is 8.78 Å². The van der Waals surface area contributed by atoms with Crippen molar-refractivity contribution in [3.63, 3.8) is 0 Å². The Morgan fingerprint density at radius 3 is 2.40 bits per heavy atom. The van der Waals surface area contributed by atoms with E-state index in [1.807, 2.05) is 0 Å². The van der Waals surface area contributed by atoms with Gasteiger partial charge in [-0.25, -0.2) is 8.78 Å². The number of rotatable bonds is 5. The van der Waals surface area contributed by atoms with Crippen LogP contribution < -0.4 is 5.32 Å². The summed E-state index contributed by atoms with van der Waals surface area (Å²) in [6.45, 7) is 0.513. The van der Waals surface area contributed by atoms with Gasteiger partial charge < -0.3 is 5.32 Å². The van der Waals surface area contributed by atoms with E-state index in [0.717, 1.165) is 29.5 Å². The third-order valence-electron chi connectivity index (χ3n) is 3.10. The lowest BCUT2D eigenvalue weighted by molar-refractivity contribution is 0.534. The van der Waals surface area contributed by atoms with Gasteiger partial charge in [-0.3, -0.25) is 4.98 Å². The van der Waals surface area contributed by atoms with E-state index in [0.29, 0.717) is 18.2 Å². The van der Waals surface area contributed by atoms with Crippen LogP contribution in [0.5, 0.6) is 0 Å². The lowest BCUT2D eigenvalue weighted by atomic mass is 10.2. The standard InChI is InChI=1S/C15H14F2N2S/c16-13-7-10(9-19-11-1-2-11)8-14(17)15(13)20-12-3-5-18-6-4-12/h3-8,11,19H,1-2,9H2. The molecule has 1 aliphatic carbocycles. The number of benzene rings is 1. The van der Waals surface area contributed by atoms with Crippen molar-refractivity contribution >= 4 is 11.8 Å². The van der Waals surface area contributed by atoms with Gasteiger partial charge in [0, 0.05) is 29.9 Å². The molecule has 0 spiro atoms. The molecule has 1 aliphatic rings. The summed E-state index contributed by atoms with van der Waals surface area (Å²) in [4.78, 5) is 4.68. The summed E-state index contributed by atoms with van der Waals surface area (Å²) in [6.07, 6.45) is 5.51. The summed E-state index contributed by atoms with van der Waals surface area (Å²) >= 11 is 1.08. The van der Waals surface area contributed by atoms with Gasteiger partial charge in [-0.2, -0.15) is 0 Å². The Morgan fingerprint density at radius 2 is 1.80 bits per heavy atom. The minimum Gasteiger partial charge on any atom is -0.310 e. The van der Waals surface area contributed by atoms with E-state index in [1.54, 1.807) is 24.5 Å². The highest BCUT2D eigenvalue weighted by Gasteiger charge is 2.20. The van der Waals surface area contributed by atoms with Crippen molar-refractivity contribution in [3.8, 4) is 0 Å². The Balaban J connectivity index is 1.77. The van der Waals surface area contributed by atoms with Gasteiger partial charge in [0.25, 0.3) is 0 Å². The molecule has 1 N–H and O–H groups in total. The molecule has 1 aromatic carbocycles. The van der Waals surface area contributed by atoms with Crippen LogP contribution in [0.1, 0.15) is 18.4 Å². The fraction of sp³-hybridized carbons (Fsp3) is 0.267. The SMILES string of the molecule is Fc1cc(CNC2CC2)cc(F)c1Sc1ccncc1. The summed E-state index contributed by atoms with van der Waals surface area (Å²) in [6, 6.07) is 6.79. The fourth-order valence-corrected chi connectivity index (χ4v) is 2.69. The normalized spacial score (nSPS) is 14.5. The van der Waals surface area contributed by atoms with Crippen molar-refractivity contribution in [3.05, 3.63) is 53.9 Å². The number of nitrogens with zero attached hydrogens (tertiary/aromatic N) is 1. The molecule has 0 amide bonds. The molecule has 0 radical (unpaired) electrons. The summed E-state index contributed by atoms with van der Waals surface area (Å²) in [5.41, 5.74) is 0.644. The minimum absolute atomic E-state index is 0.0337. The van der Waals surface area contributed by atoms with Crippen LogP contribution in [0.15, 0.2) is 46.5 Å². The molecule has 5 heteroatoms. The maximum Gasteiger partial charge on any atom is 0.140 e. The summed E-state index contributed by atoms with van der Waals surface area (Å²) < 4.78 is 28.1. The largest absolute Gasteiger partial charge is 0.310 e. The molecule has 0 unspecified atom stereocenters. The molecular formula is C15H14F2N2S. The van der Waals surface area contributed by atoms with Gasteiger partial charge in [0.1, 0.15) is 11.6 Å². The molecule has 0 saturated heterocycles. The van der Waals surface area contributed by atoms with Crippen LogP contribution in [-0.4, -0.2) is 11.0 Å². The van der Waals surface area contributed by atoms with Crippen molar-refractivity contribution in [2.75, 3.05) is 0 Å². The second-order valence-corrected chi connectivity index (χ2v) is 5.91. The number of pyridine rings is 1. The molecule has 1 heterocycles. The molecule has 104 valence electrons. The third-order valence-corrected chi connectivity index (χ3v) is 4.20. The van der Waals surface area contributed by atoms with E-state index in [-0.39, 0.29) is 4.90 Å². The zero-order valence-corrected chi connectivity index (χ0v) is 11.6. The van der Waals surface area contributed by atoms with E-state index < -0.39 is 11.6 Å². The van der Waals surface area contributed by atoms with Crippen LogP contribution in [0.4, 0.5) is 8.78 Å². The average molecular weight is 292 g/mol. The second-order valence-electron chi connectivity index (χ2n) is 4.83. The first-order valence-corrected chi connectivity index (χ1v) is 7.33. The molecular weight excluding hydrogens is 278 g/mol. The number of nitrogens with one attached hydrogen (secondary N) is 1. The Hall–Kier alpha value is -1.46. The smallest absolute Gasteiger partial charge is 0.140 e. The first-order valence-electron chi connectivity index (χ1n) is 6.51. The monoisotopic (exact) mass is 292 g/mol. The van der Waals surface area contributed by atoms with Gasteiger partial charge in [-0.15, -0.1) is 0 Å². The molecule has 2 aromatic rings. The molecule has 1 saturated carbocycles. The highest BCUT2D eigenvalue weighted by atomic mass is 32.2. The molecule has 0 atom stereocenters. The van der Waals surface area contributed by atoms with Gasteiger partial charge in [0.2, 0.25) is 0 Å². The number of hydrogen-bond donors (Lipinski definition) is 1. The fourth-order valence-electron chi connectivity index (χ4n) is 1.89. The zero-order chi connectivity index (χ0) is 13.9. The Bertz CT molecular complexity index is 577. The van der Waals surface area contributed by atoms with Crippen molar-refractivity contribution in [1.82, 2.24) is 10.3 Å². The van der Waals surface area contributed by atoms with Crippen LogP contribution in [0.3, 0.4) is 0 Å².